The Bertz CT molecular complexity index is 501. The Labute approximate surface area is 120 Å². The third kappa shape index (κ3) is 6.92. The Kier molecular flexibility index (Phi) is 6.68. The van der Waals surface area contributed by atoms with E-state index in [1.54, 1.807) is 4.57 Å². The van der Waals surface area contributed by atoms with Crippen molar-refractivity contribution in [2.75, 3.05) is 26.3 Å². The lowest BCUT2D eigenvalue weighted by atomic mass is 10.5. The Morgan fingerprint density at radius 3 is 2.67 bits per heavy atom. The summed E-state index contributed by atoms with van der Waals surface area (Å²) in [6.45, 7) is 0.943. The maximum atomic E-state index is 11.4. The van der Waals surface area contributed by atoms with Crippen molar-refractivity contribution in [2.45, 2.75) is 6.54 Å². The van der Waals surface area contributed by atoms with Crippen LogP contribution in [-0.4, -0.2) is 58.9 Å². The van der Waals surface area contributed by atoms with Crippen LogP contribution in [0.4, 0.5) is 4.79 Å². The molecular weight excluding hydrogens is 282 g/mol. The van der Waals surface area contributed by atoms with Gasteiger partial charge < -0.3 is 30.8 Å². The van der Waals surface area contributed by atoms with E-state index in [1.807, 2.05) is 0 Å². The van der Waals surface area contributed by atoms with Crippen molar-refractivity contribution < 1.29 is 24.2 Å². The summed E-state index contributed by atoms with van der Waals surface area (Å²) in [7, 11) is 0. The summed E-state index contributed by atoms with van der Waals surface area (Å²) >= 11 is 0. The number of nitrogens with zero attached hydrogens (tertiary/aromatic N) is 2. The van der Waals surface area contributed by atoms with Crippen LogP contribution in [-0.2, 0) is 16.1 Å². The molecule has 21 heavy (non-hydrogen) atoms. The van der Waals surface area contributed by atoms with Crippen LogP contribution in [0.1, 0.15) is 10.5 Å². The molecule has 1 aromatic rings. The quantitative estimate of drug-likeness (QED) is 0.403. The van der Waals surface area contributed by atoms with E-state index >= 15 is 0 Å². The van der Waals surface area contributed by atoms with E-state index in [0.717, 1.165) is 0 Å². The summed E-state index contributed by atoms with van der Waals surface area (Å²) in [5.74, 6) is -1.67. The molecule has 1 heterocycles. The van der Waals surface area contributed by atoms with Crippen molar-refractivity contribution in [1.29, 1.82) is 0 Å². The van der Waals surface area contributed by atoms with Crippen molar-refractivity contribution in [2.24, 2.45) is 5.73 Å². The van der Waals surface area contributed by atoms with E-state index in [2.05, 4.69) is 15.6 Å². The van der Waals surface area contributed by atoms with E-state index in [9.17, 15) is 14.4 Å². The summed E-state index contributed by atoms with van der Waals surface area (Å²) in [6, 6.07) is -0.392. The zero-order chi connectivity index (χ0) is 15.7. The smallest absolute Gasteiger partial charge is 0.356 e. The first-order valence-electron chi connectivity index (χ1n) is 6.12. The van der Waals surface area contributed by atoms with Crippen LogP contribution in [0, 0.1) is 0 Å². The molecule has 1 rings (SSSR count). The minimum Gasteiger partial charge on any atom is -0.476 e. The van der Waals surface area contributed by atoms with E-state index < -0.39 is 17.9 Å². The largest absolute Gasteiger partial charge is 0.476 e. The van der Waals surface area contributed by atoms with Gasteiger partial charge in [0.05, 0.1) is 12.9 Å². The number of hydrogen-bond donors (Lipinski definition) is 4. The average molecular weight is 299 g/mol. The van der Waals surface area contributed by atoms with E-state index in [1.165, 1.54) is 12.5 Å². The molecule has 10 heteroatoms. The first-order valence-corrected chi connectivity index (χ1v) is 6.12. The van der Waals surface area contributed by atoms with Crippen LogP contribution in [0.15, 0.2) is 12.5 Å². The maximum Gasteiger partial charge on any atom is 0.356 e. The maximum absolute atomic E-state index is 11.4. The second-order valence-electron chi connectivity index (χ2n) is 4.00. The van der Waals surface area contributed by atoms with Gasteiger partial charge in [-0.2, -0.15) is 0 Å². The lowest BCUT2D eigenvalue weighted by Crippen LogP contribution is -2.39. The number of rotatable bonds is 9. The van der Waals surface area contributed by atoms with Gasteiger partial charge >= 0.3 is 12.0 Å². The number of aromatic carboxylic acids is 1. The summed E-state index contributed by atoms with van der Waals surface area (Å²) in [6.07, 6.45) is 2.75. The van der Waals surface area contributed by atoms with Gasteiger partial charge in [0.25, 0.3) is 0 Å². The van der Waals surface area contributed by atoms with Gasteiger partial charge in [0, 0.05) is 25.8 Å². The first kappa shape index (κ1) is 16.4. The number of urea groups is 1. The Morgan fingerprint density at radius 2 is 2.05 bits per heavy atom. The number of carbonyl (C=O) groups is 3. The highest BCUT2D eigenvalue weighted by molar-refractivity contribution is 5.84. The molecule has 0 aromatic carbocycles. The van der Waals surface area contributed by atoms with Crippen LogP contribution >= 0.6 is 0 Å². The van der Waals surface area contributed by atoms with Crippen LogP contribution in [0.5, 0.6) is 0 Å². The molecular formula is C11H17N5O5. The highest BCUT2D eigenvalue weighted by Crippen LogP contribution is 1.95. The number of carboxylic acid groups (broad SMARTS) is 1. The SMILES string of the molecule is NC(=O)COCCNC(=O)NCCn1cnc(C(=O)O)c1. The molecule has 0 unspecified atom stereocenters. The van der Waals surface area contributed by atoms with Crippen LogP contribution < -0.4 is 16.4 Å². The normalized spacial score (nSPS) is 10.1. The topological polar surface area (TPSA) is 149 Å². The van der Waals surface area contributed by atoms with Gasteiger partial charge in [-0.05, 0) is 0 Å². The molecule has 3 amide bonds. The lowest BCUT2D eigenvalue weighted by molar-refractivity contribution is -0.122. The number of imidazole rings is 1. The van der Waals surface area contributed by atoms with Gasteiger partial charge in [0.2, 0.25) is 5.91 Å². The Morgan fingerprint density at radius 1 is 1.33 bits per heavy atom. The molecule has 5 N–H and O–H groups in total. The number of hydrogen-bond acceptors (Lipinski definition) is 5. The molecule has 1 aromatic heterocycles. The van der Waals surface area contributed by atoms with Gasteiger partial charge in [0.1, 0.15) is 6.61 Å². The average Bonchev–Trinajstić information content (AvgIpc) is 2.87. The molecule has 0 aliphatic rings. The predicted molar refractivity (Wildman–Crippen MR) is 70.6 cm³/mol. The number of primary amides is 1. The number of nitrogens with one attached hydrogen (secondary N) is 2. The molecule has 0 aliphatic heterocycles. The van der Waals surface area contributed by atoms with Gasteiger partial charge in [0.15, 0.2) is 5.69 Å². The third-order valence-electron chi connectivity index (χ3n) is 2.28. The van der Waals surface area contributed by atoms with Crippen LogP contribution in [0.2, 0.25) is 0 Å². The van der Waals surface area contributed by atoms with Crippen molar-refractivity contribution >= 4 is 17.9 Å². The number of ether oxygens (including phenoxy) is 1. The van der Waals surface area contributed by atoms with Crippen molar-refractivity contribution in [3.63, 3.8) is 0 Å². The molecule has 0 spiro atoms. The zero-order valence-corrected chi connectivity index (χ0v) is 11.2. The lowest BCUT2D eigenvalue weighted by Gasteiger charge is -2.08. The monoisotopic (exact) mass is 299 g/mol. The molecule has 0 saturated carbocycles. The van der Waals surface area contributed by atoms with Gasteiger partial charge in [-0.3, -0.25) is 4.79 Å². The zero-order valence-electron chi connectivity index (χ0n) is 11.2. The van der Waals surface area contributed by atoms with E-state index in [0.29, 0.717) is 13.1 Å². The fourth-order valence-electron chi connectivity index (χ4n) is 1.36. The summed E-state index contributed by atoms with van der Waals surface area (Å²) in [4.78, 5) is 36.0. The summed E-state index contributed by atoms with van der Waals surface area (Å²) in [5, 5.41) is 13.8. The number of aromatic nitrogens is 2. The van der Waals surface area contributed by atoms with E-state index in [4.69, 9.17) is 15.6 Å². The summed E-state index contributed by atoms with van der Waals surface area (Å²) in [5.41, 5.74) is 4.82. The van der Waals surface area contributed by atoms with Gasteiger partial charge in [-0.1, -0.05) is 0 Å². The van der Waals surface area contributed by atoms with Crippen molar-refractivity contribution in [1.82, 2.24) is 20.2 Å². The number of carbonyl (C=O) groups excluding carboxylic acids is 2. The fourth-order valence-corrected chi connectivity index (χ4v) is 1.36. The second-order valence-corrected chi connectivity index (χ2v) is 4.00. The highest BCUT2D eigenvalue weighted by Gasteiger charge is 2.06. The highest BCUT2D eigenvalue weighted by atomic mass is 16.5. The molecule has 10 nitrogen and oxygen atoms in total. The molecule has 116 valence electrons. The Hall–Kier alpha value is -2.62. The van der Waals surface area contributed by atoms with Crippen LogP contribution in [0.25, 0.3) is 0 Å². The second kappa shape index (κ2) is 8.53. The van der Waals surface area contributed by atoms with Crippen molar-refractivity contribution in [3.8, 4) is 0 Å². The number of nitrogens with two attached hydrogens (primary N) is 1. The fraction of sp³-hybridized carbons (Fsp3) is 0.455. The Balaban J connectivity index is 2.10. The molecule has 0 bridgehead atoms. The minimum absolute atomic E-state index is 0.0500. The van der Waals surface area contributed by atoms with Gasteiger partial charge in [-0.25, -0.2) is 14.6 Å². The van der Waals surface area contributed by atoms with Crippen LogP contribution in [0.3, 0.4) is 0 Å². The number of amides is 3. The standard InChI is InChI=1S/C11H17N5O5/c12-9(17)6-21-4-2-14-11(20)13-1-3-16-5-8(10(18)19)15-7-16/h5,7H,1-4,6H2,(H2,12,17)(H,18,19)(H2,13,14,20). The van der Waals surface area contributed by atoms with Crippen molar-refractivity contribution in [3.05, 3.63) is 18.2 Å². The van der Waals surface area contributed by atoms with E-state index in [-0.39, 0.29) is 25.5 Å². The molecule has 0 atom stereocenters. The molecule has 0 saturated heterocycles. The predicted octanol–water partition coefficient (Wildman–Crippen LogP) is -1.62. The molecule has 0 radical (unpaired) electrons. The molecule has 0 aliphatic carbocycles. The van der Waals surface area contributed by atoms with Gasteiger partial charge in [-0.15, -0.1) is 0 Å². The summed E-state index contributed by atoms with van der Waals surface area (Å²) < 4.78 is 6.41. The minimum atomic E-state index is -1.10. The molecule has 0 fully saturated rings. The first-order chi connectivity index (χ1) is 9.99. The third-order valence-corrected chi connectivity index (χ3v) is 2.28. The number of carboxylic acids is 1.